The van der Waals surface area contributed by atoms with Crippen molar-refractivity contribution < 1.29 is 18.9 Å². The molecule has 0 unspecified atom stereocenters. The first-order valence-corrected chi connectivity index (χ1v) is 6.89. The van der Waals surface area contributed by atoms with Gasteiger partial charge < -0.3 is 9.15 Å². The van der Waals surface area contributed by atoms with Crippen LogP contribution in [-0.2, 0) is 4.74 Å². The van der Waals surface area contributed by atoms with Gasteiger partial charge in [0.1, 0.15) is 20.6 Å². The molecule has 0 amide bonds. The van der Waals surface area contributed by atoms with Crippen molar-refractivity contribution in [3.05, 3.63) is 43.6 Å². The van der Waals surface area contributed by atoms with Crippen LogP contribution in [0.25, 0.3) is 12.2 Å². The van der Waals surface area contributed by atoms with Gasteiger partial charge >= 0.3 is 11.9 Å². The Labute approximate surface area is 124 Å². The fourth-order valence-corrected chi connectivity index (χ4v) is 2.42. The van der Waals surface area contributed by atoms with Gasteiger partial charge in [-0.05, 0) is 32.1 Å². The number of nitrogens with zero attached hydrogens (tertiary/aromatic N) is 2. The second kappa shape index (κ2) is 6.31. The molecule has 0 aliphatic carbocycles. The lowest BCUT2D eigenvalue weighted by Crippen LogP contribution is -2.03. The molecular formula is C13H12N2O5S. The van der Waals surface area contributed by atoms with Crippen LogP contribution in [0.2, 0.25) is 0 Å². The summed E-state index contributed by atoms with van der Waals surface area (Å²) in [6.07, 6.45) is 3.18. The molecule has 0 radical (unpaired) electrons. The highest BCUT2D eigenvalue weighted by Gasteiger charge is 2.15. The summed E-state index contributed by atoms with van der Waals surface area (Å²) in [5.74, 6) is -0.384. The van der Waals surface area contributed by atoms with Gasteiger partial charge in [0.05, 0.1) is 18.4 Å². The third-order valence-electron chi connectivity index (χ3n) is 2.46. The smallest absolute Gasteiger partial charge is 0.433 e. The van der Waals surface area contributed by atoms with Crippen LogP contribution in [0, 0.1) is 17.0 Å². The highest BCUT2D eigenvalue weighted by atomic mass is 32.1. The number of rotatable bonds is 5. The maximum Gasteiger partial charge on any atom is 0.433 e. The standard InChI is InChI=1S/C13H12N2O5S/c1-3-19-13(16)12-8(2)14-10(21-12)6-4-9-5-7-11(20-9)15(17)18/h4-7H,3H2,1-2H3. The zero-order valence-electron chi connectivity index (χ0n) is 11.4. The number of ether oxygens (including phenoxy) is 1. The molecule has 0 N–H and O–H groups in total. The summed E-state index contributed by atoms with van der Waals surface area (Å²) in [7, 11) is 0. The third-order valence-corrected chi connectivity index (χ3v) is 3.56. The van der Waals surface area contributed by atoms with Crippen LogP contribution in [-0.4, -0.2) is 22.5 Å². The van der Waals surface area contributed by atoms with E-state index in [0.29, 0.717) is 27.9 Å². The van der Waals surface area contributed by atoms with Crippen LogP contribution < -0.4 is 0 Å². The first kappa shape index (κ1) is 14.9. The number of hydrogen-bond acceptors (Lipinski definition) is 7. The first-order valence-electron chi connectivity index (χ1n) is 6.08. The quantitative estimate of drug-likeness (QED) is 0.477. The molecule has 110 valence electrons. The van der Waals surface area contributed by atoms with Crippen molar-refractivity contribution in [2.24, 2.45) is 0 Å². The maximum atomic E-state index is 11.7. The van der Waals surface area contributed by atoms with E-state index in [1.54, 1.807) is 26.0 Å². The normalized spacial score (nSPS) is 11.0. The van der Waals surface area contributed by atoms with E-state index < -0.39 is 10.9 Å². The monoisotopic (exact) mass is 308 g/mol. The summed E-state index contributed by atoms with van der Waals surface area (Å²) >= 11 is 1.19. The molecule has 8 heteroatoms. The van der Waals surface area contributed by atoms with Crippen LogP contribution in [0.15, 0.2) is 16.5 Å². The number of esters is 1. The fraction of sp³-hybridized carbons (Fsp3) is 0.231. The molecule has 2 heterocycles. The van der Waals surface area contributed by atoms with E-state index in [1.165, 1.54) is 23.5 Å². The number of thiazole rings is 1. The summed E-state index contributed by atoms with van der Waals surface area (Å²) in [4.78, 5) is 26.2. The van der Waals surface area contributed by atoms with Crippen molar-refractivity contribution in [1.29, 1.82) is 0 Å². The lowest BCUT2D eigenvalue weighted by molar-refractivity contribution is -0.402. The zero-order valence-corrected chi connectivity index (χ0v) is 12.2. The predicted molar refractivity (Wildman–Crippen MR) is 77.1 cm³/mol. The van der Waals surface area contributed by atoms with Crippen molar-refractivity contribution in [2.45, 2.75) is 13.8 Å². The Kier molecular flexibility index (Phi) is 4.49. The van der Waals surface area contributed by atoms with Crippen molar-refractivity contribution in [3.63, 3.8) is 0 Å². The Morgan fingerprint density at radius 1 is 1.52 bits per heavy atom. The molecule has 2 aromatic heterocycles. The lowest BCUT2D eigenvalue weighted by atomic mass is 10.4. The second-order valence-corrected chi connectivity index (χ2v) is 4.98. The van der Waals surface area contributed by atoms with Crippen molar-refractivity contribution in [3.8, 4) is 0 Å². The van der Waals surface area contributed by atoms with Gasteiger partial charge in [0.15, 0.2) is 0 Å². The van der Waals surface area contributed by atoms with Gasteiger partial charge in [0.25, 0.3) is 0 Å². The second-order valence-electron chi connectivity index (χ2n) is 3.95. The van der Waals surface area contributed by atoms with Crippen LogP contribution in [0.5, 0.6) is 0 Å². The van der Waals surface area contributed by atoms with Crippen molar-refractivity contribution in [1.82, 2.24) is 4.98 Å². The van der Waals surface area contributed by atoms with Gasteiger partial charge in [-0.15, -0.1) is 11.3 Å². The van der Waals surface area contributed by atoms with E-state index >= 15 is 0 Å². The zero-order chi connectivity index (χ0) is 15.4. The lowest BCUT2D eigenvalue weighted by Gasteiger charge is -1.97. The number of nitro groups is 1. The van der Waals surface area contributed by atoms with E-state index in [9.17, 15) is 14.9 Å². The van der Waals surface area contributed by atoms with E-state index in [1.807, 2.05) is 0 Å². The first-order chi connectivity index (χ1) is 10.0. The molecule has 21 heavy (non-hydrogen) atoms. The fourth-order valence-electron chi connectivity index (χ4n) is 1.56. The minimum absolute atomic E-state index is 0.303. The summed E-state index contributed by atoms with van der Waals surface area (Å²) < 4.78 is 9.92. The molecule has 0 fully saturated rings. The largest absolute Gasteiger partial charge is 0.462 e. The van der Waals surface area contributed by atoms with Crippen LogP contribution in [0.1, 0.15) is 33.1 Å². The Bertz CT molecular complexity index is 701. The molecule has 0 aliphatic rings. The Morgan fingerprint density at radius 2 is 2.29 bits per heavy atom. The van der Waals surface area contributed by atoms with Gasteiger partial charge in [-0.2, -0.15) is 0 Å². The SMILES string of the molecule is CCOC(=O)c1sc(C=Cc2ccc([N+](=O)[O-])o2)nc1C. The molecule has 0 spiro atoms. The number of aryl methyl sites for hydroxylation is 1. The highest BCUT2D eigenvalue weighted by Crippen LogP contribution is 2.22. The van der Waals surface area contributed by atoms with Gasteiger partial charge in [0, 0.05) is 0 Å². The van der Waals surface area contributed by atoms with Gasteiger partial charge in [-0.1, -0.05) is 0 Å². The number of aromatic nitrogens is 1. The molecular weight excluding hydrogens is 296 g/mol. The molecule has 2 rings (SSSR count). The number of furan rings is 1. The number of hydrogen-bond donors (Lipinski definition) is 0. The number of carbonyl (C=O) groups excluding carboxylic acids is 1. The van der Waals surface area contributed by atoms with Crippen LogP contribution >= 0.6 is 11.3 Å². The molecule has 2 aromatic rings. The topological polar surface area (TPSA) is 95.5 Å². The third kappa shape index (κ3) is 3.54. The van der Waals surface area contributed by atoms with E-state index in [2.05, 4.69) is 4.98 Å². The maximum absolute atomic E-state index is 11.7. The van der Waals surface area contributed by atoms with E-state index in [4.69, 9.17) is 9.15 Å². The van der Waals surface area contributed by atoms with Gasteiger partial charge in [-0.3, -0.25) is 10.1 Å². The molecule has 0 aromatic carbocycles. The summed E-state index contributed by atoms with van der Waals surface area (Å²) in [5, 5.41) is 11.1. The average molecular weight is 308 g/mol. The highest BCUT2D eigenvalue weighted by molar-refractivity contribution is 7.14. The molecule has 0 bridgehead atoms. The van der Waals surface area contributed by atoms with Gasteiger partial charge in [-0.25, -0.2) is 9.78 Å². The summed E-state index contributed by atoms with van der Waals surface area (Å²) in [6, 6.07) is 2.76. The Hall–Kier alpha value is -2.48. The molecule has 7 nitrogen and oxygen atoms in total. The molecule has 0 aliphatic heterocycles. The van der Waals surface area contributed by atoms with Crippen LogP contribution in [0.3, 0.4) is 0 Å². The molecule has 0 atom stereocenters. The predicted octanol–water partition coefficient (Wildman–Crippen LogP) is 3.30. The summed E-state index contributed by atoms with van der Waals surface area (Å²) in [6.45, 7) is 3.76. The minimum atomic E-state index is -0.607. The Balaban J connectivity index is 2.15. The average Bonchev–Trinajstić information content (AvgIpc) is 3.03. The van der Waals surface area contributed by atoms with Crippen molar-refractivity contribution >= 4 is 35.3 Å². The van der Waals surface area contributed by atoms with Crippen molar-refractivity contribution in [2.75, 3.05) is 6.61 Å². The minimum Gasteiger partial charge on any atom is -0.462 e. The molecule has 0 saturated carbocycles. The Morgan fingerprint density at radius 3 is 2.90 bits per heavy atom. The summed E-state index contributed by atoms with van der Waals surface area (Å²) in [5.41, 5.74) is 0.587. The number of carbonyl (C=O) groups is 1. The van der Waals surface area contributed by atoms with E-state index in [0.717, 1.165) is 0 Å². The van der Waals surface area contributed by atoms with Crippen LogP contribution in [0.4, 0.5) is 5.88 Å². The van der Waals surface area contributed by atoms with E-state index in [-0.39, 0.29) is 5.88 Å². The molecule has 0 saturated heterocycles. The van der Waals surface area contributed by atoms with Gasteiger partial charge in [0.2, 0.25) is 0 Å².